The van der Waals surface area contributed by atoms with Gasteiger partial charge in [-0.15, -0.1) is 0 Å². The Balaban J connectivity index is 0.000000347. The molecule has 0 amide bonds. The second-order valence-corrected chi connectivity index (χ2v) is 32.5. The molecule has 0 heterocycles. The van der Waals surface area contributed by atoms with E-state index in [2.05, 4.69) is 33.2 Å². The molecule has 7 fully saturated rings. The molecule has 7 unspecified atom stereocenters. The summed E-state index contributed by atoms with van der Waals surface area (Å²) in [6.45, 7) is -42.0. The van der Waals surface area contributed by atoms with Gasteiger partial charge in [0.25, 0.3) is 0 Å². The van der Waals surface area contributed by atoms with Crippen molar-refractivity contribution in [3.05, 3.63) is 208 Å². The molecule has 0 radical (unpaired) electrons. The van der Waals surface area contributed by atoms with Gasteiger partial charge in [-0.2, -0.15) is 0 Å². The lowest BCUT2D eigenvalue weighted by Crippen LogP contribution is -2.42. The lowest BCUT2D eigenvalue weighted by Gasteiger charge is -2.40. The molecular formula is C119H189N7O14. The normalized spacial score (nSPS) is 39.6. The molecule has 7 aromatic carbocycles. The van der Waals surface area contributed by atoms with Crippen LogP contribution < -0.4 is 33.2 Å². The second-order valence-electron chi connectivity index (χ2n) is 32.5. The largest absolute Gasteiger partial charge is 0.497 e. The van der Waals surface area contributed by atoms with Gasteiger partial charge in [-0.25, -0.2) is 0 Å². The van der Waals surface area contributed by atoms with E-state index in [-0.39, 0.29) is 74.0 Å². The van der Waals surface area contributed by atoms with Gasteiger partial charge in [0, 0.05) is 175 Å². The third-order valence-electron chi connectivity index (χ3n) is 21.7. The molecule has 7 atom stereocenters. The minimum atomic E-state index is -4.40. The Morgan fingerprint density at radius 1 is 0.243 bits per heavy atom. The molecule has 7 aliphatic carbocycles. The summed E-state index contributed by atoms with van der Waals surface area (Å²) in [4.78, 5) is 1.98. The molecular weight excluding hydrogens is 1750 g/mol. The fourth-order valence-electron chi connectivity index (χ4n) is 15.0. The van der Waals surface area contributed by atoms with Crippen molar-refractivity contribution in [2.45, 2.75) is 305 Å². The zero-order valence-electron chi connectivity index (χ0n) is 190. The molecule has 0 spiro atoms. The second kappa shape index (κ2) is 58.7. The molecule has 0 aliphatic heterocycles. The average Bonchev–Trinajstić information content (AvgIpc) is 0.651. The fourth-order valence-corrected chi connectivity index (χ4v) is 15.0. The van der Waals surface area contributed by atoms with Crippen LogP contribution in [0.15, 0.2) is 169 Å². The Labute approximate surface area is 1010 Å². The van der Waals surface area contributed by atoms with Gasteiger partial charge in [-0.05, 0) is 311 Å². The lowest BCUT2D eigenvalue weighted by molar-refractivity contribution is -0.0280. The van der Waals surface area contributed by atoms with Gasteiger partial charge in [0.2, 0.25) is 0 Å². The molecule has 140 heavy (non-hydrogen) atoms. The summed E-state index contributed by atoms with van der Waals surface area (Å²) in [5, 5.41) is 81.9. The quantitative estimate of drug-likeness (QED) is 0.0196. The van der Waals surface area contributed by atoms with E-state index in [1.807, 2.05) is 0 Å². The van der Waals surface area contributed by atoms with Gasteiger partial charge in [0.15, 0.2) is 0 Å². The Hall–Kier alpha value is -7.42. The predicted octanol–water partition coefficient (Wildman–Crippen LogP) is 21.2. The Bertz CT molecular complexity index is 9850. The van der Waals surface area contributed by atoms with Gasteiger partial charge in [0.05, 0.1) is 156 Å². The molecule has 0 aromatic heterocycles. The van der Waals surface area contributed by atoms with E-state index >= 15 is 0 Å². The maximum absolute atomic E-state index is 12.0. The maximum Gasteiger partial charge on any atom is 0.118 e. The van der Waals surface area contributed by atoms with Crippen LogP contribution in [-0.2, 0) is 0 Å². The summed E-state index contributed by atoms with van der Waals surface area (Å²) < 4.78 is 937. The van der Waals surface area contributed by atoms with Crippen molar-refractivity contribution >= 4 is 0 Å². The van der Waals surface area contributed by atoms with Crippen molar-refractivity contribution in [1.82, 2.24) is 34.3 Å². The summed E-state index contributed by atoms with van der Waals surface area (Å²) in [6.07, 6.45) is -56.2. The minimum Gasteiger partial charge on any atom is -0.497 e. The number of aliphatic hydroxyl groups is 7. The highest BCUT2D eigenvalue weighted by molar-refractivity contribution is 5.38. The summed E-state index contributed by atoms with van der Waals surface area (Å²) in [5.74, 6) is -26.5. The van der Waals surface area contributed by atoms with Crippen LogP contribution in [0.4, 0.5) is 0 Å². The fraction of sp³-hybridized carbons (Fsp3) is 0.647. The van der Waals surface area contributed by atoms with E-state index in [1.54, 1.807) is 0 Å². The Morgan fingerprint density at radius 2 is 0.443 bits per heavy atom. The van der Waals surface area contributed by atoms with Crippen molar-refractivity contribution in [3.8, 4) is 40.2 Å². The van der Waals surface area contributed by atoms with Crippen LogP contribution in [0.2, 0.25) is 0 Å². The molecule has 21 nitrogen and oxygen atoms in total. The van der Waals surface area contributed by atoms with Crippen LogP contribution in [-0.4, -0.2) is 302 Å². The molecule has 0 saturated heterocycles. The molecule has 7 aromatic rings. The highest BCUT2D eigenvalue weighted by Gasteiger charge is 2.46. The first-order valence-corrected chi connectivity index (χ1v) is 42.7. The van der Waals surface area contributed by atoms with E-state index in [1.165, 1.54) is 33.1 Å². The summed E-state index contributed by atoms with van der Waals surface area (Å²) >= 11 is 0. The molecule has 7 saturated carbocycles. The zero-order valence-corrected chi connectivity index (χ0v) is 76.8. The highest BCUT2D eigenvalue weighted by Crippen LogP contribution is 2.49. The van der Waals surface area contributed by atoms with Crippen molar-refractivity contribution in [2.75, 3.05) is 193 Å². The van der Waals surface area contributed by atoms with Gasteiger partial charge in [-0.1, -0.05) is 219 Å². The molecule has 784 valence electrons. The van der Waals surface area contributed by atoms with E-state index in [9.17, 15) is 41.2 Å². The van der Waals surface area contributed by atoms with Crippen molar-refractivity contribution in [1.29, 1.82) is 0 Å². The Morgan fingerprint density at radius 3 is 0.671 bits per heavy atom. The van der Waals surface area contributed by atoms with Gasteiger partial charge >= 0.3 is 0 Å². The standard InChI is InChI=1S/7C17H27NO2/c7*1-18(2)13-16(17(19)11-5-4-6-12-17)14-7-9-15(20-3)10-8-14/h7*7-10,16,19H,4-6,11-13H2,1-3H3/i1D3,2D3,3D3,4D2,5D2,6D2,7D,8D,9D,10D,11D2,12D2;1D3,3D3,4D2,5D2,6D2,7D,8D,9D,10D,11D2,12D2;3D3,4D2,5D2,6D2,7D,8D,9D,10D,11D2,12D2;1D3,2D3,3D3,7D,8D,9D,10D,13D2,16D;1D3,3D3,7D,8D,9D,10D,13D2,16D;1D3,2D3,3D3,7D,8D,9D,10D,16D;3D3,7D,8D,9D,10D,13D2,16D. The van der Waals surface area contributed by atoms with Crippen molar-refractivity contribution in [2.24, 2.45) is 0 Å². The zero-order chi connectivity index (χ0) is 200. The van der Waals surface area contributed by atoms with E-state index in [0.717, 1.165) is 25.4 Å². The van der Waals surface area contributed by atoms with Crippen LogP contribution in [0.5, 0.6) is 40.2 Å². The summed E-state index contributed by atoms with van der Waals surface area (Å²) in [7, 11) is -15.1. The third-order valence-corrected chi connectivity index (χ3v) is 21.7. The van der Waals surface area contributed by atoms with Gasteiger partial charge < -0.3 is 103 Å². The van der Waals surface area contributed by atoms with Gasteiger partial charge in [-0.3, -0.25) is 0 Å². The third kappa shape index (κ3) is 36.7. The number of hydrogen-bond donors (Lipinski definition) is 7. The number of nitrogens with zero attached hydrogens (tertiary/aromatic N) is 7. The van der Waals surface area contributed by atoms with Crippen LogP contribution in [0.25, 0.3) is 0 Å². The first-order chi connectivity index (χ1) is 111. The molecule has 21 heteroatoms. The predicted molar refractivity (Wildman–Crippen MR) is 576 cm³/mol. The van der Waals surface area contributed by atoms with Crippen molar-refractivity contribution < 1.29 is 224 Å². The number of benzene rings is 7. The molecule has 0 bridgehead atoms. The number of likely N-dealkylation sites (N-methyl/N-ethyl adjacent to an activating group) is 7. The molecule has 7 N–H and O–H groups in total. The van der Waals surface area contributed by atoms with Crippen molar-refractivity contribution in [3.63, 3.8) is 0 Å². The van der Waals surface area contributed by atoms with Gasteiger partial charge in [0.1, 0.15) is 40.2 Å². The number of hydrogen-bond acceptors (Lipinski definition) is 21. The first kappa shape index (κ1) is 36.0. The summed E-state index contributed by atoms with van der Waals surface area (Å²) in [5.41, 5.74) is -27.9. The highest BCUT2D eigenvalue weighted by atomic mass is 16.5. The topological polar surface area (TPSA) is 229 Å². The van der Waals surface area contributed by atoms with Crippen LogP contribution in [0.1, 0.15) is 459 Å². The van der Waals surface area contributed by atoms with E-state index < -0.39 is 585 Å². The van der Waals surface area contributed by atoms with Crippen LogP contribution in [0.3, 0.4) is 0 Å². The minimum absolute atomic E-state index is 0.0402. The SMILES string of the molecule is [2H]c1c([2H])c(C(CN(C([2H])([2H])[2H])C([2H])([2H])[2H])C2(O)C([2H])([2H])C([2H])([2H])C([2H])([2H])C([2H])([2H])C2([2H])[2H])c([2H])c([2H])c1OC([2H])([2H])[2H].[2H]c1c([2H])c(C(CN(C)C([2H])([2H])[2H])C2(O)C([2H])([2H])C([2H])([2H])C([2H])([2H])C([2H])([2H])C2([2H])[2H])c([2H])c([2H])c1OC([2H])([2H])[2H].[2H]c1c([2H])c(C(CN(C)C)C2(O)C([2H])([2H])C([2H])([2H])C([2H])([2H])C([2H])([2H])C2([2H])[2H])c([2H])c([2H])c1OC([2H])([2H])[2H].[2H]c1c([2H])c(C([2H])(C2(O)CCCCC2)C([2H])([2H])N(C([2H])([2H])[2H])C([2H])([2H])[2H])c([2H])c([2H])c1OC([2H])([2H])[2H].[2H]c1c([2H])c(C([2H])(C2(O)CCCCC2)C([2H])([2H])N(C)C([2H])([2H])[2H])c([2H])c([2H])c1OC([2H])([2H])[2H].[2H]c1c([2H])c(C([2H])(C2(O)CCCCC2)C([2H])([2H])N(C)C)c([2H])c([2H])c1OC([2H])([2H])[2H].[2H]c1c([2H])c(C([2H])(CN(C([2H])([2H])[2H])C([2H])([2H])[2H])C2(O)CCCCC2)c([2H])c([2H])c1OC([2H])([2H])[2H]. The van der Waals surface area contributed by atoms with E-state index in [4.69, 9.17) is 149 Å². The van der Waals surface area contributed by atoms with Crippen LogP contribution >= 0.6 is 0 Å². The number of ether oxygens (including phenoxy) is 7. The molecule has 7 aliphatic rings. The number of methoxy groups -OCH3 is 7. The summed E-state index contributed by atoms with van der Waals surface area (Å²) in [6, 6.07) is -30.4. The monoisotopic (exact) mass is 2050 g/mol. The smallest absolute Gasteiger partial charge is 0.118 e. The average molecular weight is 2060 g/mol. The number of rotatable bonds is 35. The van der Waals surface area contributed by atoms with E-state index in [0.29, 0.717) is 62.7 Å². The lowest BCUT2D eigenvalue weighted by atomic mass is 9.72. The van der Waals surface area contributed by atoms with Crippen LogP contribution in [0, 0.1) is 0 Å². The molecule has 14 rings (SSSR count). The first-order valence-electron chi connectivity index (χ1n) is 99.2. The Kier molecular flexibility index (Phi) is 15.1. The maximum atomic E-state index is 12.0.